The van der Waals surface area contributed by atoms with Crippen LogP contribution in [0.15, 0.2) is 84.9 Å². The standard InChI is InChI=1S/C34H40N2O5Si/c1-32(2,3)40-31(39)35-23-24(36-29(37)27-20-14-15-21-28(27)30(36)38)22-34(35,7)41-42(33(4,5)6,25-16-10-8-11-17-25)26-18-12-9-13-19-26/h8-21,24H,22-23H2,1-7H3/t24-,34+/m1/s1. The minimum atomic E-state index is -3.14. The highest BCUT2D eigenvalue weighted by Crippen LogP contribution is 2.44. The second kappa shape index (κ2) is 10.5. The number of amides is 3. The Labute approximate surface area is 249 Å². The normalized spacial score (nSPS) is 21.1. The van der Waals surface area contributed by atoms with E-state index in [1.54, 1.807) is 29.2 Å². The van der Waals surface area contributed by atoms with Gasteiger partial charge in [0.1, 0.15) is 11.3 Å². The van der Waals surface area contributed by atoms with E-state index >= 15 is 0 Å². The fourth-order valence-electron chi connectivity index (χ4n) is 6.39. The van der Waals surface area contributed by atoms with Gasteiger partial charge in [-0.1, -0.05) is 93.6 Å². The summed E-state index contributed by atoms with van der Waals surface area (Å²) < 4.78 is 13.4. The van der Waals surface area contributed by atoms with Gasteiger partial charge < -0.3 is 9.16 Å². The number of carbonyl (C=O) groups excluding carboxylic acids is 3. The lowest BCUT2D eigenvalue weighted by Gasteiger charge is -2.49. The molecule has 3 amide bonds. The second-order valence-corrected chi connectivity index (χ2v) is 17.6. The number of carbonyl (C=O) groups is 3. The highest BCUT2D eigenvalue weighted by molar-refractivity contribution is 6.99. The van der Waals surface area contributed by atoms with Crippen molar-refractivity contribution in [3.63, 3.8) is 0 Å². The molecular formula is C34H40N2O5Si. The molecule has 2 atom stereocenters. The number of likely N-dealkylation sites (tertiary alicyclic amines) is 1. The molecule has 0 aromatic heterocycles. The molecule has 0 bridgehead atoms. The predicted octanol–water partition coefficient (Wildman–Crippen LogP) is 5.58. The summed E-state index contributed by atoms with van der Waals surface area (Å²) in [4.78, 5) is 43.8. The summed E-state index contributed by atoms with van der Waals surface area (Å²) in [5.74, 6) is -0.695. The molecule has 0 N–H and O–H groups in total. The molecule has 0 radical (unpaired) electrons. The third-order valence-corrected chi connectivity index (χ3v) is 13.3. The van der Waals surface area contributed by atoms with Gasteiger partial charge in [0.2, 0.25) is 0 Å². The van der Waals surface area contributed by atoms with E-state index in [4.69, 9.17) is 9.16 Å². The molecule has 2 aliphatic rings. The van der Waals surface area contributed by atoms with Gasteiger partial charge in [-0.25, -0.2) is 4.79 Å². The van der Waals surface area contributed by atoms with Crippen LogP contribution >= 0.6 is 0 Å². The monoisotopic (exact) mass is 584 g/mol. The van der Waals surface area contributed by atoms with Crippen molar-refractivity contribution in [1.29, 1.82) is 0 Å². The maximum Gasteiger partial charge on any atom is 0.412 e. The first-order valence-electron chi connectivity index (χ1n) is 14.5. The summed E-state index contributed by atoms with van der Waals surface area (Å²) >= 11 is 0. The summed E-state index contributed by atoms with van der Waals surface area (Å²) in [5.41, 5.74) is -1.17. The van der Waals surface area contributed by atoms with Gasteiger partial charge in [-0.15, -0.1) is 0 Å². The Morgan fingerprint density at radius 1 is 0.786 bits per heavy atom. The van der Waals surface area contributed by atoms with Crippen molar-refractivity contribution in [3.8, 4) is 0 Å². The van der Waals surface area contributed by atoms with E-state index in [0.717, 1.165) is 10.4 Å². The van der Waals surface area contributed by atoms with Crippen LogP contribution in [0.1, 0.15) is 75.6 Å². The molecule has 0 unspecified atom stereocenters. The van der Waals surface area contributed by atoms with E-state index in [-0.39, 0.29) is 29.8 Å². The number of benzene rings is 3. The Morgan fingerprint density at radius 3 is 1.67 bits per heavy atom. The van der Waals surface area contributed by atoms with E-state index in [1.807, 2.05) is 64.1 Å². The number of nitrogens with zero attached hydrogens (tertiary/aromatic N) is 2. The topological polar surface area (TPSA) is 76.2 Å². The minimum absolute atomic E-state index is 0.106. The van der Waals surface area contributed by atoms with Crippen molar-refractivity contribution in [2.45, 2.75) is 77.3 Å². The molecule has 0 saturated carbocycles. The van der Waals surface area contributed by atoms with E-state index < -0.39 is 31.8 Å². The quantitative estimate of drug-likeness (QED) is 0.289. The number of hydrogen-bond acceptors (Lipinski definition) is 5. The Hall–Kier alpha value is -3.75. The molecule has 2 aliphatic heterocycles. The van der Waals surface area contributed by atoms with Crippen LogP contribution in [0.2, 0.25) is 5.04 Å². The lowest BCUT2D eigenvalue weighted by molar-refractivity contribution is -0.0603. The molecule has 0 aliphatic carbocycles. The van der Waals surface area contributed by atoms with Gasteiger partial charge in [-0.3, -0.25) is 19.4 Å². The first-order chi connectivity index (χ1) is 19.7. The molecule has 8 heteroatoms. The number of imide groups is 1. The molecule has 3 aromatic rings. The fraction of sp³-hybridized carbons (Fsp3) is 0.382. The molecule has 220 valence electrons. The Morgan fingerprint density at radius 2 is 1.24 bits per heavy atom. The SMILES string of the molecule is CC(C)(C)OC(=O)N1C[C@H](N2C(=O)c3ccccc3C2=O)C[C@]1(C)O[Si](c1ccccc1)(c1ccccc1)C(C)(C)C. The van der Waals surface area contributed by atoms with Crippen molar-refractivity contribution >= 4 is 36.6 Å². The van der Waals surface area contributed by atoms with Crippen LogP contribution in [0.4, 0.5) is 4.79 Å². The highest BCUT2D eigenvalue weighted by atomic mass is 28.4. The summed E-state index contributed by atoms with van der Waals surface area (Å²) in [6.45, 7) is 14.0. The maximum absolute atomic E-state index is 13.9. The zero-order valence-corrected chi connectivity index (χ0v) is 26.5. The summed E-state index contributed by atoms with van der Waals surface area (Å²) in [5, 5.41) is 1.78. The second-order valence-electron chi connectivity index (χ2n) is 13.4. The summed E-state index contributed by atoms with van der Waals surface area (Å²) in [6.07, 6.45) is -0.288. The van der Waals surface area contributed by atoms with E-state index in [1.165, 1.54) is 4.90 Å². The number of ether oxygens (including phenoxy) is 1. The molecule has 0 spiro atoms. The summed E-state index contributed by atoms with van der Waals surface area (Å²) in [7, 11) is -3.14. The van der Waals surface area contributed by atoms with Gasteiger partial charge in [-0.05, 0) is 55.2 Å². The van der Waals surface area contributed by atoms with Gasteiger partial charge in [0.05, 0.1) is 17.2 Å². The summed E-state index contributed by atoms with van der Waals surface area (Å²) in [6, 6.07) is 26.7. The van der Waals surface area contributed by atoms with Crippen molar-refractivity contribution in [2.24, 2.45) is 0 Å². The largest absolute Gasteiger partial charge is 0.444 e. The van der Waals surface area contributed by atoms with Crippen molar-refractivity contribution < 1.29 is 23.5 Å². The van der Waals surface area contributed by atoms with Gasteiger partial charge in [-0.2, -0.15) is 0 Å². The highest BCUT2D eigenvalue weighted by Gasteiger charge is 2.60. The van der Waals surface area contributed by atoms with Crippen LogP contribution in [0.3, 0.4) is 0 Å². The maximum atomic E-state index is 13.9. The third-order valence-electron chi connectivity index (χ3n) is 8.17. The van der Waals surface area contributed by atoms with Crippen LogP contribution in [-0.4, -0.2) is 59.9 Å². The van der Waals surface area contributed by atoms with Gasteiger partial charge in [0.25, 0.3) is 20.1 Å². The predicted molar refractivity (Wildman–Crippen MR) is 165 cm³/mol. The molecule has 1 fully saturated rings. The van der Waals surface area contributed by atoms with E-state index in [2.05, 4.69) is 45.0 Å². The average molecular weight is 585 g/mol. The van der Waals surface area contributed by atoms with Gasteiger partial charge >= 0.3 is 6.09 Å². The van der Waals surface area contributed by atoms with Crippen LogP contribution < -0.4 is 10.4 Å². The van der Waals surface area contributed by atoms with Crippen LogP contribution in [0.5, 0.6) is 0 Å². The third kappa shape index (κ3) is 5.07. The van der Waals surface area contributed by atoms with E-state index in [9.17, 15) is 14.4 Å². The van der Waals surface area contributed by atoms with Crippen molar-refractivity contribution in [3.05, 3.63) is 96.1 Å². The number of rotatable bonds is 5. The minimum Gasteiger partial charge on any atom is -0.444 e. The van der Waals surface area contributed by atoms with Crippen LogP contribution in [0, 0.1) is 0 Å². The average Bonchev–Trinajstić information content (AvgIpc) is 3.40. The molecule has 3 aromatic carbocycles. The molecule has 42 heavy (non-hydrogen) atoms. The number of hydrogen-bond donors (Lipinski definition) is 0. The zero-order valence-electron chi connectivity index (χ0n) is 25.5. The lowest BCUT2D eigenvalue weighted by Crippen LogP contribution is -2.71. The zero-order chi connectivity index (χ0) is 30.5. The molecular weight excluding hydrogens is 544 g/mol. The first-order valence-corrected chi connectivity index (χ1v) is 16.4. The Kier molecular flexibility index (Phi) is 7.44. The van der Waals surface area contributed by atoms with Gasteiger partial charge in [0, 0.05) is 13.0 Å². The first kappa shape index (κ1) is 29.7. The smallest absolute Gasteiger partial charge is 0.412 e. The molecule has 7 nitrogen and oxygen atoms in total. The number of fused-ring (bicyclic) bond motifs is 1. The Balaban J connectivity index is 1.64. The van der Waals surface area contributed by atoms with Crippen molar-refractivity contribution in [1.82, 2.24) is 9.80 Å². The fourth-order valence-corrected chi connectivity index (χ4v) is 11.2. The Bertz CT molecular complexity index is 1420. The molecule has 5 rings (SSSR count). The van der Waals surface area contributed by atoms with Crippen LogP contribution in [0.25, 0.3) is 0 Å². The van der Waals surface area contributed by atoms with Crippen LogP contribution in [-0.2, 0) is 9.16 Å². The van der Waals surface area contributed by atoms with Gasteiger partial charge in [0.15, 0.2) is 0 Å². The van der Waals surface area contributed by atoms with Crippen molar-refractivity contribution in [2.75, 3.05) is 6.54 Å². The molecule has 1 saturated heterocycles. The van der Waals surface area contributed by atoms with E-state index in [0.29, 0.717) is 11.1 Å². The lowest BCUT2D eigenvalue weighted by atomic mass is 10.1. The molecule has 2 heterocycles.